The van der Waals surface area contributed by atoms with Gasteiger partial charge in [-0.15, -0.1) is 0 Å². The first-order chi connectivity index (χ1) is 16.3. The molecule has 0 saturated heterocycles. The monoisotopic (exact) mass is 574 g/mol. The van der Waals surface area contributed by atoms with E-state index in [4.69, 9.17) is 0 Å². The lowest BCUT2D eigenvalue weighted by atomic mass is 9.91. The third kappa shape index (κ3) is 2.99. The van der Waals surface area contributed by atoms with E-state index in [-0.39, 0.29) is 11.4 Å². The topological polar surface area (TPSA) is 86.3 Å². The maximum absolute atomic E-state index is 11.6. The van der Waals surface area contributed by atoms with Crippen molar-refractivity contribution in [2.45, 2.75) is 0 Å². The van der Waals surface area contributed by atoms with Gasteiger partial charge in [0.25, 0.3) is 11.4 Å². The number of halogens is 2. The maximum atomic E-state index is 11.6. The molecule has 6 rings (SSSR count). The van der Waals surface area contributed by atoms with Gasteiger partial charge in [-0.2, -0.15) is 0 Å². The smallest absolute Gasteiger partial charge is 0.258 e. The summed E-state index contributed by atoms with van der Waals surface area (Å²) in [7, 11) is 0. The van der Waals surface area contributed by atoms with E-state index in [2.05, 4.69) is 31.9 Å². The molecule has 34 heavy (non-hydrogen) atoms. The second-order valence-corrected chi connectivity index (χ2v) is 9.94. The number of hydrogen-bond donors (Lipinski definition) is 0. The molecule has 8 heteroatoms. The molecular weight excluding hydrogens is 564 g/mol. The molecular formula is C26H12Br2N2O4. The molecule has 0 radical (unpaired) electrons. The molecule has 0 heterocycles. The molecule has 0 unspecified atom stereocenters. The van der Waals surface area contributed by atoms with Gasteiger partial charge in [-0.3, -0.25) is 20.2 Å². The summed E-state index contributed by atoms with van der Waals surface area (Å²) < 4.78 is 1.75. The molecule has 2 aliphatic carbocycles. The van der Waals surface area contributed by atoms with Crippen LogP contribution in [0.2, 0.25) is 0 Å². The summed E-state index contributed by atoms with van der Waals surface area (Å²) in [5.74, 6) is 0. The van der Waals surface area contributed by atoms with Crippen LogP contribution in [-0.4, -0.2) is 9.85 Å². The Labute approximate surface area is 210 Å². The van der Waals surface area contributed by atoms with Gasteiger partial charge in [-0.1, -0.05) is 44.0 Å². The number of nitro benzene ring substituents is 2. The molecule has 6 nitrogen and oxygen atoms in total. The lowest BCUT2D eigenvalue weighted by molar-refractivity contribution is -0.385. The van der Waals surface area contributed by atoms with Crippen molar-refractivity contribution in [2.24, 2.45) is 0 Å². The van der Waals surface area contributed by atoms with E-state index >= 15 is 0 Å². The molecule has 0 aliphatic heterocycles. The predicted molar refractivity (Wildman–Crippen MR) is 137 cm³/mol. The SMILES string of the molecule is O=[N+]([O-])c1ccc2c(c1)C(=C1c3cc(Br)ccc3-c3ccc([N+](=O)[O-])cc31)c1cc(Br)ccc1-2. The summed E-state index contributed by atoms with van der Waals surface area (Å²) in [6.45, 7) is 0. The van der Waals surface area contributed by atoms with Crippen LogP contribution < -0.4 is 0 Å². The third-order valence-corrected chi connectivity index (χ3v) is 7.29. The molecule has 0 aromatic heterocycles. The zero-order chi connectivity index (χ0) is 23.7. The first-order valence-corrected chi connectivity index (χ1v) is 11.8. The lowest BCUT2D eigenvalue weighted by Gasteiger charge is -2.12. The van der Waals surface area contributed by atoms with Gasteiger partial charge in [0.1, 0.15) is 0 Å². The Morgan fingerprint density at radius 3 is 1.15 bits per heavy atom. The van der Waals surface area contributed by atoms with E-state index in [9.17, 15) is 20.2 Å². The van der Waals surface area contributed by atoms with Crippen molar-refractivity contribution in [3.63, 3.8) is 0 Å². The highest BCUT2D eigenvalue weighted by Gasteiger charge is 2.34. The predicted octanol–water partition coefficient (Wildman–Crippen LogP) is 8.00. The number of fused-ring (bicyclic) bond motifs is 6. The van der Waals surface area contributed by atoms with Gasteiger partial charge in [-0.05, 0) is 92.1 Å². The number of rotatable bonds is 2. The van der Waals surface area contributed by atoms with Crippen molar-refractivity contribution in [3.8, 4) is 22.3 Å². The second-order valence-electron chi connectivity index (χ2n) is 8.10. The Hall–Kier alpha value is -3.62. The van der Waals surface area contributed by atoms with Gasteiger partial charge < -0.3 is 0 Å². The van der Waals surface area contributed by atoms with Crippen LogP contribution >= 0.6 is 31.9 Å². The fourth-order valence-corrected chi connectivity index (χ4v) is 5.64. The van der Waals surface area contributed by atoms with E-state index < -0.39 is 9.85 Å². The minimum absolute atomic E-state index is 0.00421. The highest BCUT2D eigenvalue weighted by atomic mass is 79.9. The van der Waals surface area contributed by atoms with Crippen LogP contribution in [0, 0.1) is 20.2 Å². The van der Waals surface area contributed by atoms with Crippen molar-refractivity contribution in [3.05, 3.63) is 124 Å². The van der Waals surface area contributed by atoms with Crippen LogP contribution in [0.4, 0.5) is 11.4 Å². The molecule has 0 atom stereocenters. The molecule has 0 fully saturated rings. The average molecular weight is 576 g/mol. The molecule has 4 aromatic rings. The van der Waals surface area contributed by atoms with Crippen molar-refractivity contribution < 1.29 is 9.85 Å². The van der Waals surface area contributed by atoms with Crippen molar-refractivity contribution in [2.75, 3.05) is 0 Å². The van der Waals surface area contributed by atoms with Crippen LogP contribution in [-0.2, 0) is 0 Å². The van der Waals surface area contributed by atoms with Crippen LogP contribution in [0.25, 0.3) is 33.4 Å². The minimum atomic E-state index is -0.403. The van der Waals surface area contributed by atoms with Gasteiger partial charge in [0, 0.05) is 33.2 Å². The van der Waals surface area contributed by atoms with Crippen LogP contribution in [0.15, 0.2) is 81.7 Å². The van der Waals surface area contributed by atoms with Crippen molar-refractivity contribution >= 4 is 54.4 Å². The van der Waals surface area contributed by atoms with Crippen LogP contribution in [0.5, 0.6) is 0 Å². The van der Waals surface area contributed by atoms with Gasteiger partial charge in [0.05, 0.1) is 9.85 Å². The fourth-order valence-electron chi connectivity index (χ4n) is 4.92. The molecule has 0 spiro atoms. The fraction of sp³-hybridized carbons (Fsp3) is 0. The highest BCUT2D eigenvalue weighted by molar-refractivity contribution is 9.10. The Bertz CT molecular complexity index is 1520. The first kappa shape index (κ1) is 20.9. The highest BCUT2D eigenvalue weighted by Crippen LogP contribution is 2.55. The Balaban J connectivity index is 1.80. The van der Waals surface area contributed by atoms with Gasteiger partial charge in [0.2, 0.25) is 0 Å². The zero-order valence-electron chi connectivity index (χ0n) is 17.2. The van der Waals surface area contributed by atoms with Gasteiger partial charge in [0.15, 0.2) is 0 Å². The normalized spacial score (nSPS) is 14.9. The van der Waals surface area contributed by atoms with E-state index in [1.807, 2.05) is 36.4 Å². The molecule has 4 aromatic carbocycles. The molecule has 0 saturated carbocycles. The number of nitrogens with zero attached hydrogens (tertiary/aromatic N) is 2. The summed E-state index contributed by atoms with van der Waals surface area (Å²) in [5.41, 5.74) is 8.68. The zero-order valence-corrected chi connectivity index (χ0v) is 20.4. The van der Waals surface area contributed by atoms with E-state index in [1.165, 1.54) is 12.1 Å². The van der Waals surface area contributed by atoms with E-state index in [0.717, 1.165) is 64.6 Å². The molecule has 2 aliphatic rings. The second kappa shape index (κ2) is 7.44. The van der Waals surface area contributed by atoms with Crippen molar-refractivity contribution in [1.29, 1.82) is 0 Å². The molecule has 0 bridgehead atoms. The summed E-state index contributed by atoms with van der Waals surface area (Å²) in [6, 6.07) is 21.6. The van der Waals surface area contributed by atoms with Gasteiger partial charge in [-0.25, -0.2) is 0 Å². The summed E-state index contributed by atoms with van der Waals surface area (Å²) in [6.07, 6.45) is 0. The quantitative estimate of drug-likeness (QED) is 0.155. The van der Waals surface area contributed by atoms with Crippen LogP contribution in [0.1, 0.15) is 22.3 Å². The van der Waals surface area contributed by atoms with Crippen LogP contribution in [0.3, 0.4) is 0 Å². The summed E-state index contributed by atoms with van der Waals surface area (Å²) in [5, 5.41) is 23.2. The average Bonchev–Trinajstić information content (AvgIpc) is 3.28. The molecule has 0 N–H and O–H groups in total. The minimum Gasteiger partial charge on any atom is -0.258 e. The molecule has 0 amide bonds. The molecule has 164 valence electrons. The first-order valence-electron chi connectivity index (χ1n) is 10.3. The standard InChI is InChI=1S/C26H12Br2N2O4/c27-13-1-5-17-19-7-3-15(29(31)32)11-23(19)25(21(17)9-13)26-22-10-14(28)2-6-18(22)20-8-4-16(30(33)34)12-24(20)26/h1-12H. The van der Waals surface area contributed by atoms with E-state index in [1.54, 1.807) is 24.3 Å². The maximum Gasteiger partial charge on any atom is 0.270 e. The summed E-state index contributed by atoms with van der Waals surface area (Å²) in [4.78, 5) is 22.4. The van der Waals surface area contributed by atoms with E-state index in [0.29, 0.717) is 0 Å². The number of benzene rings is 4. The summed E-state index contributed by atoms with van der Waals surface area (Å²) >= 11 is 7.12. The Morgan fingerprint density at radius 1 is 0.471 bits per heavy atom. The Kier molecular flexibility index (Phi) is 4.59. The third-order valence-electron chi connectivity index (χ3n) is 6.30. The number of hydrogen-bond acceptors (Lipinski definition) is 4. The van der Waals surface area contributed by atoms with Crippen molar-refractivity contribution in [1.82, 2.24) is 0 Å². The Morgan fingerprint density at radius 2 is 0.794 bits per heavy atom. The van der Waals surface area contributed by atoms with Gasteiger partial charge >= 0.3 is 0 Å². The largest absolute Gasteiger partial charge is 0.270 e. The number of nitro groups is 2. The lowest BCUT2D eigenvalue weighted by Crippen LogP contribution is -1.94. The number of non-ortho nitro benzene ring substituents is 2.